The number of hydrogen-bond acceptors (Lipinski definition) is 3. The number of nitrogens with one attached hydrogen (secondary N) is 2. The van der Waals surface area contributed by atoms with Crippen LogP contribution in [0.25, 0.3) is 0 Å². The van der Waals surface area contributed by atoms with Crippen LogP contribution >= 0.6 is 0 Å². The van der Waals surface area contributed by atoms with Crippen LogP contribution < -0.4 is 15.8 Å². The van der Waals surface area contributed by atoms with Crippen LogP contribution in [0.15, 0.2) is 18.2 Å². The summed E-state index contributed by atoms with van der Waals surface area (Å²) in [6.45, 7) is 3.73. The van der Waals surface area contributed by atoms with Crippen molar-refractivity contribution < 1.29 is 9.59 Å². The molecule has 1 aliphatic heterocycles. The minimum Gasteiger partial charge on any atom is -0.315 e. The van der Waals surface area contributed by atoms with Crippen LogP contribution in [-0.4, -0.2) is 25.9 Å². The van der Waals surface area contributed by atoms with Crippen LogP contribution in [-0.2, 0) is 21.4 Å². The highest BCUT2D eigenvalue weighted by Gasteiger charge is 2.32. The summed E-state index contributed by atoms with van der Waals surface area (Å²) in [6, 6.07) is 5.76. The Morgan fingerprint density at radius 3 is 2.68 bits per heavy atom. The zero-order chi connectivity index (χ0) is 14.2. The number of hydrazine groups is 1. The molecule has 19 heavy (non-hydrogen) atoms. The van der Waals surface area contributed by atoms with Crippen molar-refractivity contribution in [2.24, 2.45) is 0 Å². The fourth-order valence-corrected chi connectivity index (χ4v) is 2.26. The summed E-state index contributed by atoms with van der Waals surface area (Å²) in [5, 5.41) is 0. The number of likely N-dealkylation sites (N-methyl/N-ethyl adjacent to an activating group) is 1. The van der Waals surface area contributed by atoms with Gasteiger partial charge in [-0.05, 0) is 31.0 Å². The molecule has 0 radical (unpaired) electrons. The predicted octanol–water partition coefficient (Wildman–Crippen LogP) is 0.734. The van der Waals surface area contributed by atoms with Crippen LogP contribution in [0.1, 0.15) is 25.0 Å². The third kappa shape index (κ3) is 2.21. The number of benzene rings is 1. The summed E-state index contributed by atoms with van der Waals surface area (Å²) >= 11 is 0. The fraction of sp³-hybridized carbons (Fsp3) is 0.429. The van der Waals surface area contributed by atoms with Crippen LogP contribution in [0.4, 0.5) is 5.69 Å². The Kier molecular flexibility index (Phi) is 3.32. The third-order valence-corrected chi connectivity index (χ3v) is 3.68. The molecule has 1 heterocycles. The van der Waals surface area contributed by atoms with Crippen molar-refractivity contribution in [1.29, 1.82) is 0 Å². The highest BCUT2D eigenvalue weighted by atomic mass is 16.2. The second-order valence-electron chi connectivity index (χ2n) is 5.30. The lowest BCUT2D eigenvalue weighted by molar-refractivity contribution is -0.126. The first-order valence-corrected chi connectivity index (χ1v) is 6.25. The third-order valence-electron chi connectivity index (χ3n) is 3.68. The van der Waals surface area contributed by atoms with E-state index < -0.39 is 5.41 Å². The highest BCUT2D eigenvalue weighted by Crippen LogP contribution is 2.32. The number of anilines is 1. The molecule has 5 nitrogen and oxygen atoms in total. The van der Waals surface area contributed by atoms with E-state index in [0.717, 1.165) is 16.8 Å². The molecule has 2 N–H and O–H groups in total. The molecule has 0 atom stereocenters. The molecule has 0 fully saturated rings. The van der Waals surface area contributed by atoms with Crippen molar-refractivity contribution >= 4 is 17.5 Å². The molecule has 0 spiro atoms. The Labute approximate surface area is 112 Å². The van der Waals surface area contributed by atoms with Crippen molar-refractivity contribution in [2.45, 2.75) is 25.7 Å². The van der Waals surface area contributed by atoms with E-state index in [-0.39, 0.29) is 11.8 Å². The maximum atomic E-state index is 12.0. The van der Waals surface area contributed by atoms with Crippen molar-refractivity contribution in [3.05, 3.63) is 29.3 Å². The van der Waals surface area contributed by atoms with E-state index in [1.807, 2.05) is 32.0 Å². The van der Waals surface area contributed by atoms with E-state index in [9.17, 15) is 9.59 Å². The number of amides is 2. The standard InChI is InChI=1S/C14H19N3O2/c1-14(2,13(19)16-15-3)10-5-6-11-9(7-10)8-12(18)17(11)4/h5-7,15H,8H2,1-4H3,(H,16,19). The monoisotopic (exact) mass is 261 g/mol. The van der Waals surface area contributed by atoms with Crippen molar-refractivity contribution in [3.8, 4) is 0 Å². The molecule has 0 saturated carbocycles. The Morgan fingerprint density at radius 2 is 2.05 bits per heavy atom. The summed E-state index contributed by atoms with van der Waals surface area (Å²) in [5.74, 6) is -0.0164. The average molecular weight is 261 g/mol. The number of hydrogen-bond donors (Lipinski definition) is 2. The van der Waals surface area contributed by atoms with Gasteiger partial charge in [0.05, 0.1) is 11.8 Å². The van der Waals surface area contributed by atoms with E-state index in [4.69, 9.17) is 0 Å². The molecule has 102 valence electrons. The molecule has 1 aromatic rings. The number of fused-ring (bicyclic) bond motifs is 1. The first-order valence-electron chi connectivity index (χ1n) is 6.25. The second kappa shape index (κ2) is 4.66. The molecule has 1 aliphatic rings. The highest BCUT2D eigenvalue weighted by molar-refractivity contribution is 6.01. The molecular weight excluding hydrogens is 242 g/mol. The van der Waals surface area contributed by atoms with Gasteiger partial charge in [-0.15, -0.1) is 0 Å². The number of rotatable bonds is 3. The Morgan fingerprint density at radius 1 is 1.37 bits per heavy atom. The largest absolute Gasteiger partial charge is 0.315 e. The normalized spacial score (nSPS) is 14.5. The predicted molar refractivity (Wildman–Crippen MR) is 73.8 cm³/mol. The maximum Gasteiger partial charge on any atom is 0.244 e. The molecular formula is C14H19N3O2. The quantitative estimate of drug-likeness (QED) is 0.789. The maximum absolute atomic E-state index is 12.0. The van der Waals surface area contributed by atoms with E-state index in [2.05, 4.69) is 10.9 Å². The zero-order valence-corrected chi connectivity index (χ0v) is 11.7. The van der Waals surface area contributed by atoms with Gasteiger partial charge in [0.1, 0.15) is 0 Å². The molecule has 0 aromatic heterocycles. The van der Waals surface area contributed by atoms with E-state index in [1.165, 1.54) is 0 Å². The van der Waals surface area contributed by atoms with Gasteiger partial charge in [0.15, 0.2) is 0 Å². The van der Waals surface area contributed by atoms with Crippen molar-refractivity contribution in [3.63, 3.8) is 0 Å². The molecule has 0 saturated heterocycles. The van der Waals surface area contributed by atoms with Gasteiger partial charge < -0.3 is 4.90 Å². The van der Waals surface area contributed by atoms with Gasteiger partial charge in [0.2, 0.25) is 11.8 Å². The minimum absolute atomic E-state index is 0.0876. The zero-order valence-electron chi connectivity index (χ0n) is 11.7. The van der Waals surface area contributed by atoms with Crippen LogP contribution in [0.2, 0.25) is 0 Å². The molecule has 1 aromatic carbocycles. The molecule has 0 unspecified atom stereocenters. The number of carbonyl (C=O) groups excluding carboxylic acids is 2. The summed E-state index contributed by atoms with van der Waals surface area (Å²) < 4.78 is 0. The van der Waals surface area contributed by atoms with Gasteiger partial charge in [-0.2, -0.15) is 0 Å². The summed E-state index contributed by atoms with van der Waals surface area (Å²) in [4.78, 5) is 25.4. The van der Waals surface area contributed by atoms with Crippen LogP contribution in [0, 0.1) is 0 Å². The van der Waals surface area contributed by atoms with Gasteiger partial charge >= 0.3 is 0 Å². The minimum atomic E-state index is -0.651. The molecule has 2 amide bonds. The van der Waals surface area contributed by atoms with Crippen molar-refractivity contribution in [2.75, 3.05) is 19.0 Å². The Hall–Kier alpha value is -1.88. The van der Waals surface area contributed by atoms with Gasteiger partial charge in [-0.3, -0.25) is 15.0 Å². The van der Waals surface area contributed by atoms with Crippen molar-refractivity contribution in [1.82, 2.24) is 10.9 Å². The van der Waals surface area contributed by atoms with Gasteiger partial charge in [-0.25, -0.2) is 5.43 Å². The first-order chi connectivity index (χ1) is 8.87. The SMILES string of the molecule is CNNC(=O)C(C)(C)c1ccc2c(c1)CC(=O)N2C. The van der Waals surface area contributed by atoms with Crippen LogP contribution in [0.5, 0.6) is 0 Å². The molecule has 5 heteroatoms. The fourth-order valence-electron chi connectivity index (χ4n) is 2.26. The van der Waals surface area contributed by atoms with Gasteiger partial charge in [0.25, 0.3) is 0 Å². The Balaban J connectivity index is 2.36. The summed E-state index contributed by atoms with van der Waals surface area (Å²) in [5.41, 5.74) is 7.42. The molecule has 0 aliphatic carbocycles. The van der Waals surface area contributed by atoms with Gasteiger partial charge in [0, 0.05) is 19.8 Å². The lowest BCUT2D eigenvalue weighted by atomic mass is 9.83. The van der Waals surface area contributed by atoms with E-state index >= 15 is 0 Å². The van der Waals surface area contributed by atoms with Crippen LogP contribution in [0.3, 0.4) is 0 Å². The second-order valence-corrected chi connectivity index (χ2v) is 5.30. The van der Waals surface area contributed by atoms with E-state index in [1.54, 1.807) is 19.0 Å². The lowest BCUT2D eigenvalue weighted by Crippen LogP contribution is -2.45. The lowest BCUT2D eigenvalue weighted by Gasteiger charge is -2.24. The topological polar surface area (TPSA) is 61.4 Å². The van der Waals surface area contributed by atoms with E-state index in [0.29, 0.717) is 6.42 Å². The number of carbonyl (C=O) groups is 2. The molecule has 0 bridgehead atoms. The Bertz CT molecular complexity index is 537. The smallest absolute Gasteiger partial charge is 0.244 e. The molecule has 2 rings (SSSR count). The average Bonchev–Trinajstić information content (AvgIpc) is 2.65. The number of nitrogens with zero attached hydrogens (tertiary/aromatic N) is 1. The first kappa shape index (κ1) is 13.5. The summed E-state index contributed by atoms with van der Waals surface area (Å²) in [7, 11) is 3.43. The van der Waals surface area contributed by atoms with Gasteiger partial charge in [-0.1, -0.05) is 12.1 Å². The summed E-state index contributed by atoms with van der Waals surface area (Å²) in [6.07, 6.45) is 0.406.